The number of amides is 2. The third kappa shape index (κ3) is 2.81. The number of rotatable bonds is 2. The van der Waals surface area contributed by atoms with E-state index >= 15 is 0 Å². The molecule has 0 saturated heterocycles. The second-order valence-electron chi connectivity index (χ2n) is 5.19. The molecule has 6 heteroatoms. The highest BCUT2D eigenvalue weighted by atomic mass is 19.1. The molecule has 2 amide bonds. The summed E-state index contributed by atoms with van der Waals surface area (Å²) in [6.45, 7) is 1.82. The summed E-state index contributed by atoms with van der Waals surface area (Å²) in [6, 6.07) is 9.31. The summed E-state index contributed by atoms with van der Waals surface area (Å²) in [4.78, 5) is 28.4. The molecule has 2 N–H and O–H groups in total. The lowest BCUT2D eigenvalue weighted by Crippen LogP contribution is -2.31. The van der Waals surface area contributed by atoms with Gasteiger partial charge in [-0.15, -0.1) is 0 Å². The second-order valence-corrected chi connectivity index (χ2v) is 5.19. The van der Waals surface area contributed by atoms with Crippen molar-refractivity contribution in [2.24, 2.45) is 0 Å². The SMILES string of the molecule is Cc1cccc(NC(=O)[C@@H]2CC(=O)Nc3cc(F)ccc32)n1. The van der Waals surface area contributed by atoms with Crippen molar-refractivity contribution in [2.75, 3.05) is 10.6 Å². The Morgan fingerprint density at radius 2 is 2.18 bits per heavy atom. The lowest BCUT2D eigenvalue weighted by Gasteiger charge is -2.24. The Balaban J connectivity index is 1.88. The van der Waals surface area contributed by atoms with Crippen molar-refractivity contribution in [2.45, 2.75) is 19.3 Å². The lowest BCUT2D eigenvalue weighted by molar-refractivity contribution is -0.123. The molecule has 0 unspecified atom stereocenters. The van der Waals surface area contributed by atoms with Gasteiger partial charge in [0.05, 0.1) is 5.92 Å². The van der Waals surface area contributed by atoms with Gasteiger partial charge in [-0.1, -0.05) is 12.1 Å². The first-order valence-corrected chi connectivity index (χ1v) is 6.87. The minimum atomic E-state index is -0.660. The minimum Gasteiger partial charge on any atom is -0.326 e. The summed E-state index contributed by atoms with van der Waals surface area (Å²) < 4.78 is 13.3. The molecule has 3 rings (SSSR count). The van der Waals surface area contributed by atoms with Gasteiger partial charge in [0, 0.05) is 17.8 Å². The van der Waals surface area contributed by atoms with Gasteiger partial charge < -0.3 is 10.6 Å². The molecule has 112 valence electrons. The largest absolute Gasteiger partial charge is 0.326 e. The zero-order valence-corrected chi connectivity index (χ0v) is 11.9. The molecular formula is C16H14FN3O2. The summed E-state index contributed by atoms with van der Waals surface area (Å²) in [5, 5.41) is 5.29. The van der Waals surface area contributed by atoms with Gasteiger partial charge in [-0.3, -0.25) is 9.59 Å². The van der Waals surface area contributed by atoms with E-state index in [1.54, 1.807) is 12.1 Å². The van der Waals surface area contributed by atoms with E-state index in [1.807, 2.05) is 13.0 Å². The van der Waals surface area contributed by atoms with Crippen LogP contribution in [0.25, 0.3) is 0 Å². The van der Waals surface area contributed by atoms with E-state index in [0.29, 0.717) is 17.1 Å². The van der Waals surface area contributed by atoms with Crippen molar-refractivity contribution in [3.05, 3.63) is 53.5 Å². The number of nitrogens with zero attached hydrogens (tertiary/aromatic N) is 1. The number of pyridine rings is 1. The van der Waals surface area contributed by atoms with Gasteiger partial charge in [0.25, 0.3) is 0 Å². The molecular weight excluding hydrogens is 285 g/mol. The topological polar surface area (TPSA) is 71.1 Å². The predicted octanol–water partition coefficient (Wildman–Crippen LogP) is 2.59. The van der Waals surface area contributed by atoms with Crippen LogP contribution in [0.3, 0.4) is 0 Å². The van der Waals surface area contributed by atoms with Crippen LogP contribution in [0.4, 0.5) is 15.9 Å². The van der Waals surface area contributed by atoms with Crippen LogP contribution >= 0.6 is 0 Å². The summed E-state index contributed by atoms with van der Waals surface area (Å²) in [5.74, 6) is -1.33. The molecule has 1 aromatic carbocycles. The number of aryl methyl sites for hydroxylation is 1. The molecule has 1 aliphatic rings. The maximum Gasteiger partial charge on any atom is 0.233 e. The van der Waals surface area contributed by atoms with Crippen LogP contribution < -0.4 is 10.6 Å². The first kappa shape index (κ1) is 14.2. The third-order valence-electron chi connectivity index (χ3n) is 3.51. The fourth-order valence-corrected chi connectivity index (χ4v) is 2.50. The zero-order chi connectivity index (χ0) is 15.7. The first-order valence-electron chi connectivity index (χ1n) is 6.87. The molecule has 2 heterocycles. The van der Waals surface area contributed by atoms with Crippen LogP contribution in [0.5, 0.6) is 0 Å². The molecule has 0 radical (unpaired) electrons. The van der Waals surface area contributed by atoms with Crippen molar-refractivity contribution in [1.82, 2.24) is 4.98 Å². The Hall–Kier alpha value is -2.76. The Labute approximate surface area is 126 Å². The van der Waals surface area contributed by atoms with Gasteiger partial charge in [-0.2, -0.15) is 0 Å². The number of nitrogens with one attached hydrogen (secondary N) is 2. The second kappa shape index (κ2) is 5.55. The third-order valence-corrected chi connectivity index (χ3v) is 3.51. The molecule has 0 aliphatic carbocycles. The average Bonchev–Trinajstić information content (AvgIpc) is 2.45. The number of aromatic nitrogens is 1. The first-order chi connectivity index (χ1) is 10.5. The summed E-state index contributed by atoms with van der Waals surface area (Å²) in [7, 11) is 0. The van der Waals surface area contributed by atoms with Crippen molar-refractivity contribution >= 4 is 23.3 Å². The van der Waals surface area contributed by atoms with Gasteiger partial charge in [-0.25, -0.2) is 9.37 Å². The fourth-order valence-electron chi connectivity index (χ4n) is 2.50. The monoisotopic (exact) mass is 299 g/mol. The number of anilines is 2. The number of carbonyl (C=O) groups is 2. The van der Waals surface area contributed by atoms with Gasteiger partial charge in [0.2, 0.25) is 11.8 Å². The highest BCUT2D eigenvalue weighted by molar-refractivity contribution is 6.04. The van der Waals surface area contributed by atoms with Crippen LogP contribution in [0.2, 0.25) is 0 Å². The normalized spacial score (nSPS) is 16.6. The van der Waals surface area contributed by atoms with Gasteiger partial charge in [-0.05, 0) is 36.8 Å². The summed E-state index contributed by atoms with van der Waals surface area (Å²) in [5.41, 5.74) is 1.72. The van der Waals surface area contributed by atoms with E-state index in [-0.39, 0.29) is 18.2 Å². The van der Waals surface area contributed by atoms with E-state index in [9.17, 15) is 14.0 Å². The molecule has 1 atom stereocenters. The Morgan fingerprint density at radius 1 is 1.36 bits per heavy atom. The number of hydrogen-bond donors (Lipinski definition) is 2. The summed E-state index contributed by atoms with van der Waals surface area (Å²) >= 11 is 0. The van der Waals surface area contributed by atoms with Crippen LogP contribution in [0.15, 0.2) is 36.4 Å². The highest BCUT2D eigenvalue weighted by Crippen LogP contribution is 2.33. The standard InChI is InChI=1S/C16H14FN3O2/c1-9-3-2-4-14(18-9)20-16(22)12-8-15(21)19-13-7-10(17)5-6-11(12)13/h2-7,12H,8H2,1H3,(H,19,21)(H,18,20,22)/t12-/m1/s1. The van der Waals surface area contributed by atoms with Crippen molar-refractivity contribution in [3.63, 3.8) is 0 Å². The van der Waals surface area contributed by atoms with Crippen LogP contribution in [0, 0.1) is 12.7 Å². The summed E-state index contributed by atoms with van der Waals surface area (Å²) in [6.07, 6.45) is 0.0241. The molecule has 0 spiro atoms. The number of hydrogen-bond acceptors (Lipinski definition) is 3. The van der Waals surface area contributed by atoms with E-state index in [0.717, 1.165) is 5.69 Å². The average molecular weight is 299 g/mol. The van der Waals surface area contributed by atoms with Gasteiger partial charge >= 0.3 is 0 Å². The van der Waals surface area contributed by atoms with E-state index in [4.69, 9.17) is 0 Å². The lowest BCUT2D eigenvalue weighted by atomic mass is 9.89. The predicted molar refractivity (Wildman–Crippen MR) is 80.0 cm³/mol. The van der Waals surface area contributed by atoms with Gasteiger partial charge in [0.1, 0.15) is 11.6 Å². The molecule has 2 aromatic rings. The zero-order valence-electron chi connectivity index (χ0n) is 11.9. The van der Waals surface area contributed by atoms with Crippen LogP contribution in [0.1, 0.15) is 23.6 Å². The number of benzene rings is 1. The Kier molecular flexibility index (Phi) is 3.58. The molecule has 0 fully saturated rings. The maximum atomic E-state index is 13.3. The van der Waals surface area contributed by atoms with Crippen molar-refractivity contribution in [1.29, 1.82) is 0 Å². The fraction of sp³-hybridized carbons (Fsp3) is 0.188. The smallest absolute Gasteiger partial charge is 0.233 e. The van der Waals surface area contributed by atoms with Crippen molar-refractivity contribution < 1.29 is 14.0 Å². The minimum absolute atomic E-state index is 0.0241. The maximum absolute atomic E-state index is 13.3. The van der Waals surface area contributed by atoms with E-state index in [1.165, 1.54) is 18.2 Å². The molecule has 22 heavy (non-hydrogen) atoms. The molecule has 1 aromatic heterocycles. The number of fused-ring (bicyclic) bond motifs is 1. The molecule has 1 aliphatic heterocycles. The Morgan fingerprint density at radius 3 is 2.95 bits per heavy atom. The van der Waals surface area contributed by atoms with E-state index in [2.05, 4.69) is 15.6 Å². The molecule has 5 nitrogen and oxygen atoms in total. The van der Waals surface area contributed by atoms with E-state index < -0.39 is 11.7 Å². The number of carbonyl (C=O) groups excluding carboxylic acids is 2. The molecule has 0 saturated carbocycles. The van der Waals surface area contributed by atoms with Crippen LogP contribution in [-0.4, -0.2) is 16.8 Å². The quantitative estimate of drug-likeness (QED) is 0.895. The highest BCUT2D eigenvalue weighted by Gasteiger charge is 2.31. The van der Waals surface area contributed by atoms with Crippen LogP contribution in [-0.2, 0) is 9.59 Å². The molecule has 0 bridgehead atoms. The Bertz CT molecular complexity index is 761. The number of halogens is 1. The van der Waals surface area contributed by atoms with Crippen molar-refractivity contribution in [3.8, 4) is 0 Å². The van der Waals surface area contributed by atoms with Gasteiger partial charge in [0.15, 0.2) is 0 Å².